The maximum atomic E-state index is 5.54. The first-order valence-electron chi connectivity index (χ1n) is 5.69. The van der Waals surface area contributed by atoms with Crippen molar-refractivity contribution in [2.24, 2.45) is 5.73 Å². The fraction of sp³-hybridized carbons (Fsp3) is 0.538. The van der Waals surface area contributed by atoms with E-state index in [2.05, 4.69) is 0 Å². The van der Waals surface area contributed by atoms with E-state index in [1.54, 1.807) is 21.3 Å². The van der Waals surface area contributed by atoms with Crippen LogP contribution in [0.2, 0.25) is 0 Å². The molecule has 0 spiro atoms. The molecule has 17 heavy (non-hydrogen) atoms. The van der Waals surface area contributed by atoms with E-state index in [1.807, 2.05) is 12.1 Å². The minimum Gasteiger partial charge on any atom is -0.496 e. The average molecular weight is 239 g/mol. The van der Waals surface area contributed by atoms with E-state index < -0.39 is 0 Å². The van der Waals surface area contributed by atoms with E-state index in [0.29, 0.717) is 13.2 Å². The van der Waals surface area contributed by atoms with Gasteiger partial charge in [0.1, 0.15) is 11.5 Å². The summed E-state index contributed by atoms with van der Waals surface area (Å²) in [6.45, 7) is 1.20. The largest absolute Gasteiger partial charge is 0.496 e. The standard InChI is InChI=1S/C13H21NO3/c1-15-9-10-7-12(16-2)11(5-4-6-14)13(8-10)17-3/h7-8H,4-6,9,14H2,1-3H3. The van der Waals surface area contributed by atoms with Gasteiger partial charge in [-0.1, -0.05) is 0 Å². The fourth-order valence-corrected chi connectivity index (χ4v) is 1.81. The summed E-state index contributed by atoms with van der Waals surface area (Å²) >= 11 is 0. The fourth-order valence-electron chi connectivity index (χ4n) is 1.81. The lowest BCUT2D eigenvalue weighted by molar-refractivity contribution is 0.184. The zero-order valence-electron chi connectivity index (χ0n) is 10.8. The summed E-state index contributed by atoms with van der Waals surface area (Å²) < 4.78 is 15.9. The van der Waals surface area contributed by atoms with Crippen LogP contribution in [0.15, 0.2) is 12.1 Å². The third-order valence-electron chi connectivity index (χ3n) is 2.61. The Morgan fingerprint density at radius 1 is 1.06 bits per heavy atom. The average Bonchev–Trinajstić information content (AvgIpc) is 2.36. The van der Waals surface area contributed by atoms with Crippen LogP contribution in [-0.4, -0.2) is 27.9 Å². The maximum absolute atomic E-state index is 5.54. The molecule has 4 heteroatoms. The van der Waals surface area contributed by atoms with Gasteiger partial charge in [-0.25, -0.2) is 0 Å². The molecule has 0 saturated heterocycles. The molecule has 0 aliphatic carbocycles. The van der Waals surface area contributed by atoms with Gasteiger partial charge < -0.3 is 19.9 Å². The molecule has 1 rings (SSSR count). The number of benzene rings is 1. The first kappa shape index (κ1) is 13.8. The second-order valence-corrected chi connectivity index (χ2v) is 3.80. The minimum atomic E-state index is 0.546. The van der Waals surface area contributed by atoms with Crippen LogP contribution in [0.25, 0.3) is 0 Å². The third-order valence-corrected chi connectivity index (χ3v) is 2.61. The minimum absolute atomic E-state index is 0.546. The molecule has 0 heterocycles. The number of ether oxygens (including phenoxy) is 3. The number of hydrogen-bond acceptors (Lipinski definition) is 4. The molecule has 4 nitrogen and oxygen atoms in total. The SMILES string of the molecule is COCc1cc(OC)c(CCCN)c(OC)c1. The Labute approximate surface area is 103 Å². The molecule has 96 valence electrons. The summed E-state index contributed by atoms with van der Waals surface area (Å²) in [7, 11) is 5.00. The van der Waals surface area contributed by atoms with Gasteiger partial charge >= 0.3 is 0 Å². The molecule has 0 amide bonds. The number of nitrogens with two attached hydrogens (primary N) is 1. The molecule has 0 atom stereocenters. The van der Waals surface area contributed by atoms with Gasteiger partial charge in [-0.15, -0.1) is 0 Å². The Morgan fingerprint density at radius 2 is 1.65 bits per heavy atom. The highest BCUT2D eigenvalue weighted by Crippen LogP contribution is 2.31. The summed E-state index contributed by atoms with van der Waals surface area (Å²) in [4.78, 5) is 0. The van der Waals surface area contributed by atoms with E-state index in [9.17, 15) is 0 Å². The van der Waals surface area contributed by atoms with Crippen molar-refractivity contribution in [1.82, 2.24) is 0 Å². The van der Waals surface area contributed by atoms with Gasteiger partial charge in [-0.3, -0.25) is 0 Å². The molecule has 1 aromatic carbocycles. The Balaban J connectivity index is 3.07. The zero-order valence-corrected chi connectivity index (χ0v) is 10.8. The number of hydrogen-bond donors (Lipinski definition) is 1. The van der Waals surface area contributed by atoms with Crippen molar-refractivity contribution in [2.45, 2.75) is 19.4 Å². The van der Waals surface area contributed by atoms with Crippen molar-refractivity contribution in [2.75, 3.05) is 27.9 Å². The van der Waals surface area contributed by atoms with Crippen molar-refractivity contribution in [3.05, 3.63) is 23.3 Å². The summed E-state index contributed by atoms with van der Waals surface area (Å²) in [5.41, 5.74) is 7.64. The van der Waals surface area contributed by atoms with Crippen molar-refractivity contribution < 1.29 is 14.2 Å². The first-order chi connectivity index (χ1) is 8.26. The molecule has 0 unspecified atom stereocenters. The predicted octanol–water partition coefficient (Wildman–Crippen LogP) is 1.74. The normalized spacial score (nSPS) is 10.4. The van der Waals surface area contributed by atoms with E-state index in [1.165, 1.54) is 0 Å². The predicted molar refractivity (Wildman–Crippen MR) is 67.6 cm³/mol. The second kappa shape index (κ2) is 7.14. The van der Waals surface area contributed by atoms with Crippen LogP contribution >= 0.6 is 0 Å². The van der Waals surface area contributed by atoms with Crippen LogP contribution < -0.4 is 15.2 Å². The Morgan fingerprint density at radius 3 is 2.06 bits per heavy atom. The lowest BCUT2D eigenvalue weighted by Crippen LogP contribution is -2.04. The zero-order chi connectivity index (χ0) is 12.7. The highest BCUT2D eigenvalue weighted by molar-refractivity contribution is 5.48. The second-order valence-electron chi connectivity index (χ2n) is 3.80. The molecular formula is C13H21NO3. The van der Waals surface area contributed by atoms with Crippen LogP contribution in [-0.2, 0) is 17.8 Å². The molecule has 0 fully saturated rings. The van der Waals surface area contributed by atoms with Crippen LogP contribution in [0.3, 0.4) is 0 Å². The molecule has 0 aromatic heterocycles. The van der Waals surface area contributed by atoms with Gasteiger partial charge in [-0.2, -0.15) is 0 Å². The van der Waals surface area contributed by atoms with Gasteiger partial charge in [0.05, 0.1) is 20.8 Å². The molecule has 2 N–H and O–H groups in total. The van der Waals surface area contributed by atoms with Gasteiger partial charge in [-0.05, 0) is 37.1 Å². The molecular weight excluding hydrogens is 218 g/mol. The van der Waals surface area contributed by atoms with Crippen molar-refractivity contribution in [3.63, 3.8) is 0 Å². The van der Waals surface area contributed by atoms with Crippen LogP contribution in [0.4, 0.5) is 0 Å². The molecule has 0 aliphatic heterocycles. The summed E-state index contributed by atoms with van der Waals surface area (Å²) in [5, 5.41) is 0. The lowest BCUT2D eigenvalue weighted by Gasteiger charge is -2.15. The highest BCUT2D eigenvalue weighted by Gasteiger charge is 2.12. The highest BCUT2D eigenvalue weighted by atomic mass is 16.5. The smallest absolute Gasteiger partial charge is 0.126 e. The number of rotatable bonds is 7. The van der Waals surface area contributed by atoms with Gasteiger partial charge in [0.15, 0.2) is 0 Å². The Hall–Kier alpha value is -1.26. The number of methoxy groups -OCH3 is 3. The lowest BCUT2D eigenvalue weighted by atomic mass is 10.0. The van der Waals surface area contributed by atoms with E-state index in [4.69, 9.17) is 19.9 Å². The first-order valence-corrected chi connectivity index (χ1v) is 5.69. The third kappa shape index (κ3) is 3.61. The maximum Gasteiger partial charge on any atom is 0.126 e. The van der Waals surface area contributed by atoms with Crippen LogP contribution in [0.5, 0.6) is 11.5 Å². The molecule has 1 aromatic rings. The van der Waals surface area contributed by atoms with Gasteiger partial charge in [0, 0.05) is 12.7 Å². The van der Waals surface area contributed by atoms with E-state index >= 15 is 0 Å². The quantitative estimate of drug-likeness (QED) is 0.787. The molecule has 0 radical (unpaired) electrons. The van der Waals surface area contributed by atoms with E-state index in [0.717, 1.165) is 35.5 Å². The topological polar surface area (TPSA) is 53.7 Å². The summed E-state index contributed by atoms with van der Waals surface area (Å²) in [6, 6.07) is 3.97. The summed E-state index contributed by atoms with van der Waals surface area (Å²) in [5.74, 6) is 1.68. The monoisotopic (exact) mass is 239 g/mol. The van der Waals surface area contributed by atoms with E-state index in [-0.39, 0.29) is 0 Å². The Bertz CT molecular complexity index is 328. The van der Waals surface area contributed by atoms with Crippen molar-refractivity contribution in [1.29, 1.82) is 0 Å². The van der Waals surface area contributed by atoms with Crippen LogP contribution in [0.1, 0.15) is 17.5 Å². The molecule has 0 saturated carbocycles. The summed E-state index contributed by atoms with van der Waals surface area (Å²) in [6.07, 6.45) is 1.77. The van der Waals surface area contributed by atoms with Gasteiger partial charge in [0.25, 0.3) is 0 Å². The van der Waals surface area contributed by atoms with Gasteiger partial charge in [0.2, 0.25) is 0 Å². The van der Waals surface area contributed by atoms with Crippen molar-refractivity contribution in [3.8, 4) is 11.5 Å². The molecule has 0 aliphatic rings. The Kier molecular flexibility index (Phi) is 5.80. The molecule has 0 bridgehead atoms. The van der Waals surface area contributed by atoms with Crippen molar-refractivity contribution >= 4 is 0 Å². The van der Waals surface area contributed by atoms with Crippen LogP contribution in [0, 0.1) is 0 Å².